The SMILES string of the molecule is CCP(=O)(CC)OCCCCN. The Morgan fingerprint density at radius 3 is 2.25 bits per heavy atom. The molecule has 0 bridgehead atoms. The molecule has 0 amide bonds. The van der Waals surface area contributed by atoms with Crippen LogP contribution >= 0.6 is 7.37 Å². The van der Waals surface area contributed by atoms with Crippen molar-refractivity contribution in [2.75, 3.05) is 25.5 Å². The fourth-order valence-corrected chi connectivity index (χ4v) is 2.16. The van der Waals surface area contributed by atoms with Crippen LogP contribution in [-0.2, 0) is 9.09 Å². The normalized spacial score (nSPS) is 11.9. The smallest absolute Gasteiger partial charge is 0.202 e. The van der Waals surface area contributed by atoms with Gasteiger partial charge >= 0.3 is 0 Å². The number of hydrogen-bond donors (Lipinski definition) is 1. The highest BCUT2D eigenvalue weighted by Gasteiger charge is 2.16. The highest BCUT2D eigenvalue weighted by molar-refractivity contribution is 7.58. The summed E-state index contributed by atoms with van der Waals surface area (Å²) in [7, 11) is -2.26. The summed E-state index contributed by atoms with van der Waals surface area (Å²) in [6.45, 7) is 5.10. The van der Waals surface area contributed by atoms with Gasteiger partial charge in [-0.05, 0) is 19.4 Å². The minimum atomic E-state index is -2.26. The average Bonchev–Trinajstić information content (AvgIpc) is 2.12. The van der Waals surface area contributed by atoms with Crippen LogP contribution in [0.15, 0.2) is 0 Å². The first-order valence-corrected chi connectivity index (χ1v) is 6.60. The molecule has 4 heteroatoms. The Kier molecular flexibility index (Phi) is 6.73. The third-order valence-electron chi connectivity index (χ3n) is 1.89. The zero-order valence-corrected chi connectivity index (χ0v) is 8.98. The second-order valence-corrected chi connectivity index (χ2v) is 5.93. The van der Waals surface area contributed by atoms with Gasteiger partial charge in [0, 0.05) is 12.3 Å². The maximum Gasteiger partial charge on any atom is 0.202 e. The van der Waals surface area contributed by atoms with Crippen molar-refractivity contribution in [1.29, 1.82) is 0 Å². The van der Waals surface area contributed by atoms with Gasteiger partial charge in [0.25, 0.3) is 0 Å². The molecule has 0 heterocycles. The van der Waals surface area contributed by atoms with Crippen LogP contribution in [0.1, 0.15) is 26.7 Å². The lowest BCUT2D eigenvalue weighted by atomic mass is 10.3. The van der Waals surface area contributed by atoms with Crippen LogP contribution in [0, 0.1) is 0 Å². The fourth-order valence-electron chi connectivity index (χ4n) is 0.883. The summed E-state index contributed by atoms with van der Waals surface area (Å²) in [6.07, 6.45) is 3.16. The summed E-state index contributed by atoms with van der Waals surface area (Å²) in [5, 5.41) is 0. The molecule has 0 radical (unpaired) electrons. The van der Waals surface area contributed by atoms with E-state index in [1.54, 1.807) is 0 Å². The van der Waals surface area contributed by atoms with E-state index in [2.05, 4.69) is 0 Å². The van der Waals surface area contributed by atoms with E-state index >= 15 is 0 Å². The van der Waals surface area contributed by atoms with Crippen molar-refractivity contribution in [2.45, 2.75) is 26.7 Å². The molecule has 0 aliphatic rings. The largest absolute Gasteiger partial charge is 0.330 e. The van der Waals surface area contributed by atoms with Crippen molar-refractivity contribution in [3.8, 4) is 0 Å². The molecule has 0 atom stereocenters. The van der Waals surface area contributed by atoms with E-state index in [1.807, 2.05) is 13.8 Å². The van der Waals surface area contributed by atoms with Crippen LogP contribution in [-0.4, -0.2) is 25.5 Å². The molecular weight excluding hydrogens is 173 g/mol. The minimum absolute atomic E-state index is 0.593. The highest BCUT2D eigenvalue weighted by atomic mass is 31.2. The minimum Gasteiger partial charge on any atom is -0.330 e. The molecule has 12 heavy (non-hydrogen) atoms. The molecule has 0 saturated heterocycles. The van der Waals surface area contributed by atoms with Gasteiger partial charge in [0.2, 0.25) is 7.37 Å². The predicted octanol–water partition coefficient (Wildman–Crippen LogP) is 2.06. The second kappa shape index (κ2) is 6.64. The van der Waals surface area contributed by atoms with Gasteiger partial charge < -0.3 is 10.3 Å². The van der Waals surface area contributed by atoms with Gasteiger partial charge in [-0.2, -0.15) is 0 Å². The lowest BCUT2D eigenvalue weighted by Gasteiger charge is -2.14. The van der Waals surface area contributed by atoms with Crippen molar-refractivity contribution < 1.29 is 9.09 Å². The quantitative estimate of drug-likeness (QED) is 0.497. The summed E-state index contributed by atoms with van der Waals surface area (Å²) >= 11 is 0. The van der Waals surface area contributed by atoms with Crippen molar-refractivity contribution in [3.05, 3.63) is 0 Å². The van der Waals surface area contributed by atoms with Gasteiger partial charge in [0.15, 0.2) is 0 Å². The van der Waals surface area contributed by atoms with Crippen LogP contribution in [0.4, 0.5) is 0 Å². The summed E-state index contributed by atoms with van der Waals surface area (Å²) in [5.74, 6) is 0. The van der Waals surface area contributed by atoms with Crippen molar-refractivity contribution >= 4 is 7.37 Å². The lowest BCUT2D eigenvalue weighted by molar-refractivity contribution is 0.306. The molecule has 0 aliphatic carbocycles. The van der Waals surface area contributed by atoms with Gasteiger partial charge in [0.1, 0.15) is 0 Å². The third kappa shape index (κ3) is 4.91. The Labute approximate surface area is 75.1 Å². The molecule has 3 nitrogen and oxygen atoms in total. The Morgan fingerprint density at radius 2 is 1.83 bits per heavy atom. The monoisotopic (exact) mass is 193 g/mol. The van der Waals surface area contributed by atoms with E-state index in [0.717, 1.165) is 12.8 Å². The molecular formula is C8H20NO2P. The van der Waals surface area contributed by atoms with E-state index < -0.39 is 7.37 Å². The number of nitrogens with two attached hydrogens (primary N) is 1. The Balaban J connectivity index is 3.52. The first-order chi connectivity index (χ1) is 5.68. The molecule has 0 unspecified atom stereocenters. The molecule has 0 fully saturated rings. The lowest BCUT2D eigenvalue weighted by Crippen LogP contribution is -2.02. The standard InChI is InChI=1S/C8H20NO2P/c1-3-12(10,4-2)11-8-6-5-7-9/h3-9H2,1-2H3. The maximum atomic E-state index is 11.7. The van der Waals surface area contributed by atoms with Gasteiger partial charge in [-0.3, -0.25) is 4.57 Å². The van der Waals surface area contributed by atoms with E-state index in [9.17, 15) is 4.57 Å². The van der Waals surface area contributed by atoms with E-state index in [-0.39, 0.29) is 0 Å². The molecule has 74 valence electrons. The molecule has 0 aliphatic heterocycles. The van der Waals surface area contributed by atoms with Crippen molar-refractivity contribution in [2.24, 2.45) is 5.73 Å². The van der Waals surface area contributed by atoms with Crippen molar-refractivity contribution in [1.82, 2.24) is 0 Å². The Morgan fingerprint density at radius 1 is 1.25 bits per heavy atom. The average molecular weight is 193 g/mol. The molecule has 2 N–H and O–H groups in total. The van der Waals surface area contributed by atoms with E-state index in [4.69, 9.17) is 10.3 Å². The number of rotatable bonds is 7. The van der Waals surface area contributed by atoms with Crippen LogP contribution in [0.5, 0.6) is 0 Å². The Bertz CT molecular complexity index is 142. The summed E-state index contributed by atoms with van der Waals surface area (Å²) in [4.78, 5) is 0. The van der Waals surface area contributed by atoms with E-state index in [0.29, 0.717) is 25.5 Å². The van der Waals surface area contributed by atoms with Gasteiger partial charge in [0.05, 0.1) is 6.61 Å². The first-order valence-electron chi connectivity index (χ1n) is 4.61. The van der Waals surface area contributed by atoms with Crippen LogP contribution in [0.3, 0.4) is 0 Å². The molecule has 0 aromatic rings. The second-order valence-electron chi connectivity index (χ2n) is 2.78. The number of hydrogen-bond acceptors (Lipinski definition) is 3. The fraction of sp³-hybridized carbons (Fsp3) is 1.00. The number of unbranched alkanes of at least 4 members (excludes halogenated alkanes) is 1. The van der Waals surface area contributed by atoms with Crippen molar-refractivity contribution in [3.63, 3.8) is 0 Å². The van der Waals surface area contributed by atoms with Crippen LogP contribution < -0.4 is 5.73 Å². The topological polar surface area (TPSA) is 52.3 Å². The molecule has 0 saturated carbocycles. The van der Waals surface area contributed by atoms with Gasteiger partial charge in [-0.15, -0.1) is 0 Å². The van der Waals surface area contributed by atoms with Crippen LogP contribution in [0.25, 0.3) is 0 Å². The molecule has 0 rings (SSSR count). The first kappa shape index (κ1) is 12.2. The molecule has 0 aromatic carbocycles. The zero-order valence-electron chi connectivity index (χ0n) is 8.08. The van der Waals surface area contributed by atoms with Crippen LogP contribution in [0.2, 0.25) is 0 Å². The molecule has 0 spiro atoms. The van der Waals surface area contributed by atoms with Gasteiger partial charge in [-0.25, -0.2) is 0 Å². The maximum absolute atomic E-state index is 11.7. The third-order valence-corrected chi connectivity index (χ3v) is 4.47. The Hall–Kier alpha value is 0.150. The highest BCUT2D eigenvalue weighted by Crippen LogP contribution is 2.45. The zero-order chi connectivity index (χ0) is 9.45. The summed E-state index contributed by atoms with van der Waals surface area (Å²) in [6, 6.07) is 0. The summed E-state index contributed by atoms with van der Waals surface area (Å²) < 4.78 is 17.0. The predicted molar refractivity (Wildman–Crippen MR) is 52.9 cm³/mol. The summed E-state index contributed by atoms with van der Waals surface area (Å²) in [5.41, 5.74) is 5.32. The van der Waals surface area contributed by atoms with E-state index in [1.165, 1.54) is 0 Å². The van der Waals surface area contributed by atoms with Gasteiger partial charge in [-0.1, -0.05) is 13.8 Å². The molecule has 0 aromatic heterocycles.